The number of aromatic nitrogens is 5. The van der Waals surface area contributed by atoms with E-state index in [4.69, 9.17) is 40.7 Å². The normalized spacial score (nSPS) is 11.6. The first-order valence-electron chi connectivity index (χ1n) is 26.6. The molecule has 6 N–H and O–H groups in total. The van der Waals surface area contributed by atoms with E-state index in [1.54, 1.807) is 36.4 Å². The Morgan fingerprint density at radius 1 is 0.618 bits per heavy atom. The van der Waals surface area contributed by atoms with Gasteiger partial charge in [0, 0.05) is 50.6 Å². The Morgan fingerprint density at radius 3 is 1.33 bits per heavy atom. The SMILES string of the molecule is O=S(=O)=O.[C-]#[N+]/C(C#N)=C\c1sc(N=Nc2ccc(N(CC)CC)cc2Nc2nc(Nc3cc(N(CC)CC)ccc3N=Nc3nc(NCCc4ccc(S(=O)(=O)O)cc4)c(/C=C(\C#N)[N+]#[C-])s3)nc(SCC)n2)nc1NCCc1ccc(S(=O)(=O)O)cc1. The number of anilines is 8. The number of thioether (sulfide) groups is 1. The van der Waals surface area contributed by atoms with Gasteiger partial charge in [0.2, 0.25) is 22.2 Å². The molecule has 0 aliphatic carbocycles. The highest BCUT2D eigenvalue weighted by molar-refractivity contribution is 7.99. The first-order chi connectivity index (χ1) is 42.6. The van der Waals surface area contributed by atoms with Gasteiger partial charge < -0.3 is 31.1 Å². The number of thiazole rings is 2. The molecule has 0 radical (unpaired) electrons. The van der Waals surface area contributed by atoms with Gasteiger partial charge in [0.1, 0.15) is 23.0 Å². The topological polar surface area (TPSA) is 385 Å². The minimum absolute atomic E-state index is 0.169. The van der Waals surface area contributed by atoms with Crippen LogP contribution in [0.15, 0.2) is 132 Å². The average molecular weight is 1320 g/mol. The van der Waals surface area contributed by atoms with E-state index in [2.05, 4.69) is 71.2 Å². The number of nitriles is 2. The van der Waals surface area contributed by atoms with Crippen molar-refractivity contribution in [1.29, 1.82) is 10.5 Å². The molecule has 34 heteroatoms. The zero-order chi connectivity index (χ0) is 64.7. The van der Waals surface area contributed by atoms with E-state index < -0.39 is 30.8 Å². The van der Waals surface area contributed by atoms with E-state index in [9.17, 15) is 36.5 Å². The van der Waals surface area contributed by atoms with Gasteiger partial charge in [0.05, 0.1) is 56.2 Å². The van der Waals surface area contributed by atoms with Crippen LogP contribution in [0.4, 0.5) is 67.9 Å². The van der Waals surface area contributed by atoms with Crippen LogP contribution in [0.1, 0.15) is 55.5 Å². The minimum Gasteiger partial charge on any atom is -0.372 e. The lowest BCUT2D eigenvalue weighted by Gasteiger charge is -2.22. The van der Waals surface area contributed by atoms with E-state index in [1.807, 2.05) is 71.0 Å². The summed E-state index contributed by atoms with van der Waals surface area (Å²) in [6, 6.07) is 26.6. The van der Waals surface area contributed by atoms with Crippen molar-refractivity contribution < 1.29 is 38.6 Å². The van der Waals surface area contributed by atoms with Gasteiger partial charge >= 0.3 is 10.6 Å². The molecule has 89 heavy (non-hydrogen) atoms. The van der Waals surface area contributed by atoms with Crippen LogP contribution in [0.25, 0.3) is 21.8 Å². The molecule has 0 aliphatic rings. The van der Waals surface area contributed by atoms with E-state index >= 15 is 0 Å². The van der Waals surface area contributed by atoms with Gasteiger partial charge in [-0.15, -0.1) is 33.1 Å². The van der Waals surface area contributed by atoms with Crippen LogP contribution in [0.2, 0.25) is 0 Å². The summed E-state index contributed by atoms with van der Waals surface area (Å²) in [5.74, 6) is 1.66. The lowest BCUT2D eigenvalue weighted by Crippen LogP contribution is -2.21. The molecule has 0 spiro atoms. The van der Waals surface area contributed by atoms with Gasteiger partial charge in [-0.2, -0.15) is 41.8 Å². The fourth-order valence-corrected chi connectivity index (χ4v) is 11.1. The number of hydrogen-bond acceptors (Lipinski definition) is 27. The number of benzene rings is 4. The molecule has 3 heterocycles. The summed E-state index contributed by atoms with van der Waals surface area (Å²) in [5.41, 5.74) is 4.74. The van der Waals surface area contributed by atoms with E-state index in [1.165, 1.54) is 48.2 Å². The molecule has 0 bridgehead atoms. The van der Waals surface area contributed by atoms with Gasteiger partial charge in [-0.25, -0.2) is 20.2 Å². The zero-order valence-corrected chi connectivity index (χ0v) is 52.9. The van der Waals surface area contributed by atoms with Crippen LogP contribution in [0.5, 0.6) is 0 Å². The predicted molar refractivity (Wildman–Crippen MR) is 342 cm³/mol. The molecule has 0 unspecified atom stereocenters. The van der Waals surface area contributed by atoms with Gasteiger partial charge in [-0.05, 0) is 130 Å². The molecule has 0 aliphatic heterocycles. The molecule has 4 aromatic carbocycles. The number of nitrogens with one attached hydrogen (secondary N) is 4. The summed E-state index contributed by atoms with van der Waals surface area (Å²) in [7, 11) is -11.8. The molecule has 7 aromatic rings. The van der Waals surface area contributed by atoms with Crippen molar-refractivity contribution in [3.05, 3.63) is 140 Å². The first-order valence-corrected chi connectivity index (χ1v) is 33.1. The lowest BCUT2D eigenvalue weighted by atomic mass is 10.1. The van der Waals surface area contributed by atoms with Crippen LogP contribution in [0.3, 0.4) is 0 Å². The van der Waals surface area contributed by atoms with Gasteiger partial charge in [0.15, 0.2) is 5.16 Å². The second-order valence-electron chi connectivity index (χ2n) is 17.8. The Labute approximate surface area is 527 Å². The molecule has 0 fully saturated rings. The van der Waals surface area contributed by atoms with Crippen LogP contribution in [-0.2, 0) is 43.7 Å². The van der Waals surface area contributed by atoms with Crippen molar-refractivity contribution >= 4 is 145 Å². The molecule has 0 atom stereocenters. The Morgan fingerprint density at radius 2 is 1.00 bits per heavy atom. The van der Waals surface area contributed by atoms with Gasteiger partial charge in [-0.3, -0.25) is 9.11 Å². The summed E-state index contributed by atoms with van der Waals surface area (Å²) >= 11 is 3.60. The Kier molecular flexibility index (Phi) is 25.3. The Hall–Kier alpha value is -9.62. The van der Waals surface area contributed by atoms with Gasteiger partial charge in [0.25, 0.3) is 31.6 Å². The standard InChI is InChI=1S/C55H55N19O6S5.O3S/c1-8-73(9-2)39-17-23-43(69-71-54-64-49(47(82-54)29-37(33-56)58-6)60-27-25-35-13-19-41(20-14-35)84(75,76)77)45(31-39)62-51-66-52(68-53(67-51)81-12-5)63-46-32-40(74(10-3)11-4)18-24-44(46)70-72-55-65-50(48(83-55)30-38(34-57)59-7)61-28-26-36-15-21-42(22-16-36)85(78,79)80;1-4(2)3/h13-24,29-32,60-61H,8-12,25-28H2,1-5H3,(H,75,76,77)(H,78,79,80)(H2,62,63,66,67,68);/b37-29-,38-30+,71-69?,72-70?;. The molecule has 0 saturated carbocycles. The van der Waals surface area contributed by atoms with Crippen molar-refractivity contribution in [3.8, 4) is 12.1 Å². The highest BCUT2D eigenvalue weighted by Gasteiger charge is 2.19. The van der Waals surface area contributed by atoms with E-state index in [0.29, 0.717) is 107 Å². The van der Waals surface area contributed by atoms with Crippen LogP contribution in [0, 0.1) is 35.8 Å². The summed E-state index contributed by atoms with van der Waals surface area (Å²) in [6.07, 6.45) is 3.69. The fourth-order valence-electron chi connectivity index (χ4n) is 8.00. The smallest absolute Gasteiger partial charge is 0.372 e. The van der Waals surface area contributed by atoms with Crippen LogP contribution < -0.4 is 31.1 Å². The number of rotatable bonds is 28. The predicted octanol–water partition coefficient (Wildman–Crippen LogP) is 12.3. The third-order valence-corrected chi connectivity index (χ3v) is 16.5. The first kappa shape index (κ1) is 68.5. The summed E-state index contributed by atoms with van der Waals surface area (Å²) in [6.45, 7) is 28.6. The maximum absolute atomic E-state index is 11.5. The second-order valence-corrected chi connectivity index (χ2v) is 24.3. The largest absolute Gasteiger partial charge is 0.425 e. The maximum Gasteiger partial charge on any atom is 0.425 e. The van der Waals surface area contributed by atoms with Crippen molar-refractivity contribution in [2.24, 2.45) is 20.5 Å². The number of nitrogens with zero attached hydrogens (tertiary/aromatic N) is 15. The molecular formula is C55H55N19O9S6. The molecule has 3 aromatic heterocycles. The zero-order valence-electron chi connectivity index (χ0n) is 48.0. The van der Waals surface area contributed by atoms with Gasteiger partial charge in [-0.1, -0.05) is 65.6 Å². The number of allylic oxidation sites excluding steroid dienone is 2. The fraction of sp³-hybridized carbons (Fsp3) is 0.255. The highest BCUT2D eigenvalue weighted by atomic mass is 32.2. The van der Waals surface area contributed by atoms with Crippen molar-refractivity contribution in [3.63, 3.8) is 0 Å². The molecule has 0 saturated heterocycles. The summed E-state index contributed by atoms with van der Waals surface area (Å²) in [5, 5.41) is 51.5. The maximum atomic E-state index is 11.5. The summed E-state index contributed by atoms with van der Waals surface area (Å²) < 4.78 is 90.3. The molecule has 460 valence electrons. The molecular weight excluding hydrogens is 1260 g/mol. The third-order valence-electron chi connectivity index (χ3n) is 12.2. The second kappa shape index (κ2) is 32.9. The molecule has 0 amide bonds. The Balaban J connectivity index is 0.00000306. The third kappa shape index (κ3) is 20.5. The van der Waals surface area contributed by atoms with Crippen molar-refractivity contribution in [2.75, 3.05) is 76.1 Å². The number of hydrogen-bond donors (Lipinski definition) is 6. The minimum atomic E-state index is -4.35. The molecule has 28 nitrogen and oxygen atoms in total. The highest BCUT2D eigenvalue weighted by Crippen LogP contribution is 2.39. The summed E-state index contributed by atoms with van der Waals surface area (Å²) in [4.78, 5) is 35.1. The van der Waals surface area contributed by atoms with Crippen LogP contribution in [-0.4, -0.2) is 109 Å². The monoisotopic (exact) mass is 1320 g/mol. The number of azo groups is 2. The average Bonchev–Trinajstić information content (AvgIpc) is 2.40. The van der Waals surface area contributed by atoms with E-state index in [0.717, 1.165) is 45.2 Å². The quantitative estimate of drug-likeness (QED) is 0.00872. The van der Waals surface area contributed by atoms with Crippen LogP contribution >= 0.6 is 34.4 Å². The lowest BCUT2D eigenvalue weighted by molar-refractivity contribution is 0.481. The Bertz CT molecular complexity index is 4020. The molecule has 7 rings (SSSR count). The van der Waals surface area contributed by atoms with Crippen molar-refractivity contribution in [2.45, 2.75) is 62.4 Å². The van der Waals surface area contributed by atoms with Crippen molar-refractivity contribution in [1.82, 2.24) is 24.9 Å². The van der Waals surface area contributed by atoms with E-state index in [-0.39, 0.29) is 43.3 Å².